The van der Waals surface area contributed by atoms with Crippen LogP contribution in [0.3, 0.4) is 0 Å². The molecule has 9 heteroatoms. The maximum atomic E-state index is 12.9. The van der Waals surface area contributed by atoms with Crippen molar-refractivity contribution in [2.24, 2.45) is 0 Å². The fourth-order valence-electron chi connectivity index (χ4n) is 1.45. The minimum atomic E-state index is -4.70. The maximum Gasteiger partial charge on any atom is 0.418 e. The van der Waals surface area contributed by atoms with Gasteiger partial charge in [-0.2, -0.15) is 33.8 Å². The molecule has 1 amide bonds. The summed E-state index contributed by atoms with van der Waals surface area (Å²) in [6, 6.07) is 4.46. The molecule has 2 aromatic rings. The van der Waals surface area contributed by atoms with E-state index in [9.17, 15) is 18.0 Å². The van der Waals surface area contributed by atoms with Crippen LogP contribution in [0.2, 0.25) is 0 Å². The third kappa shape index (κ3) is 2.74. The molecule has 0 aliphatic carbocycles. The van der Waals surface area contributed by atoms with Crippen LogP contribution in [0.5, 0.6) is 0 Å². The lowest BCUT2D eigenvalue weighted by Gasteiger charge is -2.13. The number of nitrogens with zero attached hydrogens (tertiary/aromatic N) is 3. The van der Waals surface area contributed by atoms with E-state index in [1.807, 2.05) is 0 Å². The zero-order chi connectivity index (χ0) is 14.8. The second-order valence-electron chi connectivity index (χ2n) is 3.68. The fraction of sp³-hybridized carbons (Fsp3) is 0.0909. The molecule has 2 rings (SSSR count). The first-order chi connectivity index (χ1) is 9.41. The number of aromatic amines is 1. The highest BCUT2D eigenvalue weighted by atomic mass is 19.4. The molecule has 0 fully saturated rings. The van der Waals surface area contributed by atoms with E-state index in [1.165, 1.54) is 6.07 Å². The lowest BCUT2D eigenvalue weighted by molar-refractivity contribution is -0.136. The number of aromatic nitrogens is 3. The first-order valence-corrected chi connectivity index (χ1v) is 5.20. The van der Waals surface area contributed by atoms with Gasteiger partial charge in [0.05, 0.1) is 29.1 Å². The number of carbonyl (C=O) groups is 1. The zero-order valence-corrected chi connectivity index (χ0v) is 9.69. The number of nitrogens with one attached hydrogen (secondary N) is 2. The molecule has 1 heterocycles. The molecule has 0 atom stereocenters. The quantitative estimate of drug-likeness (QED) is 0.879. The monoisotopic (exact) mass is 281 g/mol. The summed E-state index contributed by atoms with van der Waals surface area (Å²) in [5.74, 6) is -0.839. The Labute approximate surface area is 110 Å². The summed E-state index contributed by atoms with van der Waals surface area (Å²) in [5.41, 5.74) is -1.86. The summed E-state index contributed by atoms with van der Waals surface area (Å²) < 4.78 is 38.6. The number of benzene rings is 1. The summed E-state index contributed by atoms with van der Waals surface area (Å²) in [7, 11) is 0. The third-order valence-corrected chi connectivity index (χ3v) is 2.35. The van der Waals surface area contributed by atoms with Crippen molar-refractivity contribution in [2.75, 3.05) is 5.32 Å². The molecule has 1 aromatic heterocycles. The van der Waals surface area contributed by atoms with Crippen molar-refractivity contribution in [3.8, 4) is 6.07 Å². The number of halogens is 3. The number of rotatable bonds is 2. The first kappa shape index (κ1) is 13.5. The van der Waals surface area contributed by atoms with Crippen LogP contribution in [0.1, 0.15) is 21.6 Å². The Morgan fingerprint density at radius 1 is 1.40 bits per heavy atom. The van der Waals surface area contributed by atoms with Crippen LogP contribution < -0.4 is 5.32 Å². The Morgan fingerprint density at radius 3 is 2.70 bits per heavy atom. The Hall–Kier alpha value is -2.89. The van der Waals surface area contributed by atoms with Crippen molar-refractivity contribution in [1.29, 1.82) is 5.26 Å². The van der Waals surface area contributed by atoms with E-state index in [0.29, 0.717) is 6.07 Å². The number of carbonyl (C=O) groups excluding carboxylic acids is 1. The molecule has 0 spiro atoms. The van der Waals surface area contributed by atoms with Gasteiger partial charge in [-0.3, -0.25) is 4.79 Å². The van der Waals surface area contributed by atoms with E-state index in [0.717, 1.165) is 12.3 Å². The number of hydrogen-bond acceptors (Lipinski definition) is 4. The predicted molar refractivity (Wildman–Crippen MR) is 60.5 cm³/mol. The molecule has 2 N–H and O–H groups in total. The topological polar surface area (TPSA) is 94.5 Å². The average molecular weight is 281 g/mol. The van der Waals surface area contributed by atoms with Crippen LogP contribution in [0.25, 0.3) is 0 Å². The Bertz CT molecular complexity index is 672. The van der Waals surface area contributed by atoms with Gasteiger partial charge in [-0.1, -0.05) is 0 Å². The minimum absolute atomic E-state index is 0.150. The van der Waals surface area contributed by atoms with E-state index in [4.69, 9.17) is 5.26 Å². The SMILES string of the molecule is N#Cc1ccc(NC(=O)c2cn[nH]n2)c(C(F)(F)F)c1. The lowest BCUT2D eigenvalue weighted by Crippen LogP contribution is -2.17. The maximum absolute atomic E-state index is 12.9. The molecule has 20 heavy (non-hydrogen) atoms. The normalized spacial score (nSPS) is 10.9. The van der Waals surface area contributed by atoms with Crippen LogP contribution in [0, 0.1) is 11.3 Å². The zero-order valence-electron chi connectivity index (χ0n) is 9.69. The Balaban J connectivity index is 2.37. The molecule has 0 unspecified atom stereocenters. The van der Waals surface area contributed by atoms with Crippen LogP contribution in [-0.2, 0) is 6.18 Å². The number of nitriles is 1. The number of H-pyrrole nitrogens is 1. The minimum Gasteiger partial charge on any atom is -0.320 e. The van der Waals surface area contributed by atoms with Gasteiger partial charge in [-0.25, -0.2) is 0 Å². The molecule has 0 aliphatic heterocycles. The van der Waals surface area contributed by atoms with E-state index in [2.05, 4.69) is 20.7 Å². The van der Waals surface area contributed by atoms with Gasteiger partial charge in [0.15, 0.2) is 5.69 Å². The number of amides is 1. The summed E-state index contributed by atoms with van der Waals surface area (Å²) in [6.45, 7) is 0. The van der Waals surface area contributed by atoms with E-state index in [1.54, 1.807) is 6.07 Å². The highest BCUT2D eigenvalue weighted by molar-refractivity contribution is 6.03. The largest absolute Gasteiger partial charge is 0.418 e. The van der Waals surface area contributed by atoms with Crippen molar-refractivity contribution in [2.45, 2.75) is 6.18 Å². The molecule has 0 bridgehead atoms. The Kier molecular flexibility index (Phi) is 3.39. The molecule has 0 radical (unpaired) electrons. The molecule has 1 aromatic carbocycles. The van der Waals surface area contributed by atoms with Gasteiger partial charge in [0.25, 0.3) is 5.91 Å². The highest BCUT2D eigenvalue weighted by Crippen LogP contribution is 2.35. The summed E-state index contributed by atoms with van der Waals surface area (Å²) >= 11 is 0. The second kappa shape index (κ2) is 5.00. The van der Waals surface area contributed by atoms with Crippen molar-refractivity contribution < 1.29 is 18.0 Å². The van der Waals surface area contributed by atoms with Crippen molar-refractivity contribution in [1.82, 2.24) is 15.4 Å². The third-order valence-electron chi connectivity index (χ3n) is 2.35. The predicted octanol–water partition coefficient (Wildman–Crippen LogP) is 1.95. The van der Waals surface area contributed by atoms with Crippen LogP contribution in [0.4, 0.5) is 18.9 Å². The summed E-state index contributed by atoms with van der Waals surface area (Å²) in [4.78, 5) is 11.6. The lowest BCUT2D eigenvalue weighted by atomic mass is 10.1. The number of anilines is 1. The van der Waals surface area contributed by atoms with Gasteiger partial charge in [0.2, 0.25) is 0 Å². The summed E-state index contributed by atoms with van der Waals surface area (Å²) in [5, 5.41) is 19.7. The van der Waals surface area contributed by atoms with Crippen LogP contribution >= 0.6 is 0 Å². The van der Waals surface area contributed by atoms with Gasteiger partial charge < -0.3 is 5.32 Å². The number of hydrogen-bond donors (Lipinski definition) is 2. The average Bonchev–Trinajstić information content (AvgIpc) is 2.91. The smallest absolute Gasteiger partial charge is 0.320 e. The van der Waals surface area contributed by atoms with E-state index in [-0.39, 0.29) is 11.3 Å². The van der Waals surface area contributed by atoms with E-state index < -0.39 is 23.3 Å². The van der Waals surface area contributed by atoms with Gasteiger partial charge in [0, 0.05) is 0 Å². The molecular weight excluding hydrogens is 275 g/mol. The molecule has 0 saturated heterocycles. The Morgan fingerprint density at radius 2 is 2.15 bits per heavy atom. The highest BCUT2D eigenvalue weighted by Gasteiger charge is 2.34. The molecular formula is C11H6F3N5O. The van der Waals surface area contributed by atoms with Crippen LogP contribution in [0.15, 0.2) is 24.4 Å². The van der Waals surface area contributed by atoms with Crippen molar-refractivity contribution in [3.63, 3.8) is 0 Å². The summed E-state index contributed by atoms with van der Waals surface area (Å²) in [6.07, 6.45) is -3.62. The molecule has 6 nitrogen and oxygen atoms in total. The van der Waals surface area contributed by atoms with Crippen molar-refractivity contribution in [3.05, 3.63) is 41.2 Å². The second-order valence-corrected chi connectivity index (χ2v) is 3.68. The van der Waals surface area contributed by atoms with Gasteiger partial charge in [-0.15, -0.1) is 0 Å². The van der Waals surface area contributed by atoms with Crippen LogP contribution in [-0.4, -0.2) is 21.3 Å². The molecule has 0 aliphatic rings. The first-order valence-electron chi connectivity index (χ1n) is 5.20. The molecule has 102 valence electrons. The standard InChI is InChI=1S/C11H6F3N5O/c12-11(13,14)7-3-6(4-15)1-2-8(7)17-10(20)9-5-16-19-18-9/h1-3,5H,(H,17,20)(H,16,18,19). The van der Waals surface area contributed by atoms with Gasteiger partial charge in [0.1, 0.15) is 0 Å². The van der Waals surface area contributed by atoms with E-state index >= 15 is 0 Å². The number of alkyl halides is 3. The fourth-order valence-corrected chi connectivity index (χ4v) is 1.45. The van der Waals surface area contributed by atoms with Gasteiger partial charge in [-0.05, 0) is 18.2 Å². The van der Waals surface area contributed by atoms with Gasteiger partial charge >= 0.3 is 6.18 Å². The van der Waals surface area contributed by atoms with Crippen molar-refractivity contribution >= 4 is 11.6 Å². The molecule has 0 saturated carbocycles.